The number of carbonyl (C=O) groups excluding carboxylic acids is 1. The monoisotopic (exact) mass is 406 g/mol. The van der Waals surface area contributed by atoms with Crippen LogP contribution in [0, 0.1) is 11.7 Å². The molecule has 0 bridgehead atoms. The van der Waals surface area contributed by atoms with Gasteiger partial charge in [0.1, 0.15) is 5.82 Å². The Labute approximate surface area is 166 Å². The van der Waals surface area contributed by atoms with Crippen LogP contribution in [0.15, 0.2) is 42.5 Å². The molecular formula is C20H20ClFN2O4. The van der Waals surface area contributed by atoms with Crippen molar-refractivity contribution >= 4 is 29.5 Å². The van der Waals surface area contributed by atoms with E-state index in [4.69, 9.17) is 21.4 Å². The van der Waals surface area contributed by atoms with Crippen LogP contribution in [0.2, 0.25) is 5.02 Å². The van der Waals surface area contributed by atoms with Crippen LogP contribution in [-0.4, -0.2) is 41.9 Å². The minimum Gasteiger partial charge on any atom is -0.465 e. The number of likely N-dealkylation sites (tertiary alicyclic amines) is 1. The lowest BCUT2D eigenvalue weighted by atomic mass is 9.98. The van der Waals surface area contributed by atoms with Gasteiger partial charge in [-0.05, 0) is 54.7 Å². The summed E-state index contributed by atoms with van der Waals surface area (Å²) in [4.78, 5) is 24.5. The van der Waals surface area contributed by atoms with Crippen LogP contribution >= 0.6 is 11.6 Å². The molecule has 2 aromatic rings. The molecule has 148 valence electrons. The summed E-state index contributed by atoms with van der Waals surface area (Å²) in [6.07, 6.45) is -0.274. The van der Waals surface area contributed by atoms with Gasteiger partial charge in [-0.1, -0.05) is 23.7 Å². The molecule has 28 heavy (non-hydrogen) atoms. The standard InChI is InChI=1S/C20H20ClFN2O4/c21-15-3-1-14(2-4-15)17-11-16(22)5-6-18(17)23-19(25)28-12-13-7-9-24(10-8-13)20(26)27/h1-6,11,13H,7-10,12H2,(H,23,25)(H,26,27). The highest BCUT2D eigenvalue weighted by Crippen LogP contribution is 2.30. The summed E-state index contributed by atoms with van der Waals surface area (Å²) in [5, 5.41) is 12.2. The van der Waals surface area contributed by atoms with E-state index in [2.05, 4.69) is 5.32 Å². The van der Waals surface area contributed by atoms with Crippen molar-refractivity contribution < 1.29 is 23.8 Å². The molecule has 1 heterocycles. The van der Waals surface area contributed by atoms with Gasteiger partial charge in [0.05, 0.1) is 12.3 Å². The fourth-order valence-corrected chi connectivity index (χ4v) is 3.25. The average Bonchev–Trinajstić information content (AvgIpc) is 2.69. The van der Waals surface area contributed by atoms with Crippen molar-refractivity contribution in [3.8, 4) is 11.1 Å². The van der Waals surface area contributed by atoms with Gasteiger partial charge in [0, 0.05) is 23.7 Å². The van der Waals surface area contributed by atoms with Gasteiger partial charge in [0.15, 0.2) is 0 Å². The highest BCUT2D eigenvalue weighted by atomic mass is 35.5. The molecule has 2 N–H and O–H groups in total. The lowest BCUT2D eigenvalue weighted by Crippen LogP contribution is -2.38. The van der Waals surface area contributed by atoms with Gasteiger partial charge in [-0.3, -0.25) is 5.32 Å². The Bertz CT molecular complexity index is 852. The number of carboxylic acid groups (broad SMARTS) is 1. The van der Waals surface area contributed by atoms with Gasteiger partial charge in [-0.2, -0.15) is 0 Å². The van der Waals surface area contributed by atoms with Crippen LogP contribution in [0.4, 0.5) is 19.7 Å². The number of ether oxygens (including phenoxy) is 1. The zero-order valence-electron chi connectivity index (χ0n) is 15.0. The summed E-state index contributed by atoms with van der Waals surface area (Å²) in [6, 6.07) is 10.9. The van der Waals surface area contributed by atoms with E-state index in [1.54, 1.807) is 24.3 Å². The van der Waals surface area contributed by atoms with E-state index in [0.29, 0.717) is 47.8 Å². The number of hydrogen-bond donors (Lipinski definition) is 2. The average molecular weight is 407 g/mol. The van der Waals surface area contributed by atoms with Crippen molar-refractivity contribution in [3.63, 3.8) is 0 Å². The summed E-state index contributed by atoms with van der Waals surface area (Å²) in [7, 11) is 0. The SMILES string of the molecule is O=C(Nc1ccc(F)cc1-c1ccc(Cl)cc1)OCC1CCN(C(=O)O)CC1. The summed E-state index contributed by atoms with van der Waals surface area (Å²) >= 11 is 5.90. The highest BCUT2D eigenvalue weighted by molar-refractivity contribution is 6.30. The number of nitrogens with one attached hydrogen (secondary N) is 1. The number of carbonyl (C=O) groups is 2. The predicted octanol–water partition coefficient (Wildman–Crippen LogP) is 5.08. The second-order valence-corrected chi connectivity index (χ2v) is 7.07. The normalized spacial score (nSPS) is 14.6. The first-order valence-electron chi connectivity index (χ1n) is 8.89. The fourth-order valence-electron chi connectivity index (χ4n) is 3.12. The van der Waals surface area contributed by atoms with Crippen LogP contribution < -0.4 is 5.32 Å². The summed E-state index contributed by atoms with van der Waals surface area (Å²) < 4.78 is 19.0. The molecule has 0 atom stereocenters. The maximum atomic E-state index is 13.7. The largest absolute Gasteiger partial charge is 0.465 e. The van der Waals surface area contributed by atoms with E-state index < -0.39 is 18.0 Å². The summed E-state index contributed by atoms with van der Waals surface area (Å²) in [6.45, 7) is 1.07. The Balaban J connectivity index is 1.60. The van der Waals surface area contributed by atoms with Crippen molar-refractivity contribution in [3.05, 3.63) is 53.3 Å². The minimum atomic E-state index is -0.928. The van der Waals surface area contributed by atoms with Gasteiger partial charge in [-0.25, -0.2) is 14.0 Å². The molecule has 0 spiro atoms. The van der Waals surface area contributed by atoms with Crippen LogP contribution in [0.1, 0.15) is 12.8 Å². The number of piperidine rings is 1. The Kier molecular flexibility index (Phi) is 6.36. The highest BCUT2D eigenvalue weighted by Gasteiger charge is 2.23. The Hall–Kier alpha value is -2.80. The third kappa shape index (κ3) is 5.13. The molecule has 1 aliphatic heterocycles. The summed E-state index contributed by atoms with van der Waals surface area (Å²) in [5.41, 5.74) is 1.65. The minimum absolute atomic E-state index is 0.116. The molecule has 1 saturated heterocycles. The van der Waals surface area contributed by atoms with Gasteiger partial charge < -0.3 is 14.7 Å². The number of hydrogen-bond acceptors (Lipinski definition) is 3. The maximum absolute atomic E-state index is 13.7. The first kappa shape index (κ1) is 19.9. The molecular weight excluding hydrogens is 387 g/mol. The molecule has 6 nitrogen and oxygen atoms in total. The fraction of sp³-hybridized carbons (Fsp3) is 0.300. The van der Waals surface area contributed by atoms with Gasteiger partial charge in [-0.15, -0.1) is 0 Å². The molecule has 0 aromatic heterocycles. The van der Waals surface area contributed by atoms with Gasteiger partial charge >= 0.3 is 12.2 Å². The second kappa shape index (κ2) is 8.93. The van der Waals surface area contributed by atoms with Gasteiger partial charge in [0.25, 0.3) is 0 Å². The molecule has 0 unspecified atom stereocenters. The number of nitrogens with zero attached hydrogens (tertiary/aromatic N) is 1. The Morgan fingerprint density at radius 3 is 2.50 bits per heavy atom. The van der Waals surface area contributed by atoms with Crippen molar-refractivity contribution in [2.45, 2.75) is 12.8 Å². The van der Waals surface area contributed by atoms with Gasteiger partial charge in [0.2, 0.25) is 0 Å². The van der Waals surface area contributed by atoms with Crippen molar-refractivity contribution in [1.29, 1.82) is 0 Å². The van der Waals surface area contributed by atoms with Crippen molar-refractivity contribution in [2.24, 2.45) is 5.92 Å². The van der Waals surface area contributed by atoms with Crippen LogP contribution in [0.3, 0.4) is 0 Å². The van der Waals surface area contributed by atoms with E-state index in [1.165, 1.54) is 23.1 Å². The first-order chi connectivity index (χ1) is 13.4. The van der Waals surface area contributed by atoms with E-state index in [1.807, 2.05) is 0 Å². The predicted molar refractivity (Wildman–Crippen MR) is 104 cm³/mol. The molecule has 0 radical (unpaired) electrons. The van der Waals surface area contributed by atoms with E-state index in [9.17, 15) is 14.0 Å². The quantitative estimate of drug-likeness (QED) is 0.741. The van der Waals surface area contributed by atoms with E-state index >= 15 is 0 Å². The number of amides is 2. The molecule has 2 aromatic carbocycles. The first-order valence-corrected chi connectivity index (χ1v) is 9.27. The molecule has 1 aliphatic rings. The lowest BCUT2D eigenvalue weighted by Gasteiger charge is -2.29. The summed E-state index contributed by atoms with van der Waals surface area (Å²) in [5.74, 6) is -0.306. The van der Waals surface area contributed by atoms with E-state index in [-0.39, 0.29) is 12.5 Å². The zero-order valence-corrected chi connectivity index (χ0v) is 15.8. The van der Waals surface area contributed by atoms with E-state index in [0.717, 1.165) is 0 Å². The van der Waals surface area contributed by atoms with Crippen LogP contribution in [0.5, 0.6) is 0 Å². The molecule has 8 heteroatoms. The maximum Gasteiger partial charge on any atom is 0.411 e. The number of rotatable bonds is 4. The van der Waals surface area contributed by atoms with Crippen molar-refractivity contribution in [2.75, 3.05) is 25.0 Å². The number of halogens is 2. The number of anilines is 1. The third-order valence-electron chi connectivity index (χ3n) is 4.71. The molecule has 2 amide bonds. The molecule has 0 saturated carbocycles. The van der Waals surface area contributed by atoms with Crippen LogP contribution in [-0.2, 0) is 4.74 Å². The molecule has 0 aliphatic carbocycles. The second-order valence-electron chi connectivity index (χ2n) is 6.63. The smallest absolute Gasteiger partial charge is 0.411 e. The molecule has 3 rings (SSSR count). The zero-order chi connectivity index (χ0) is 20.1. The van der Waals surface area contributed by atoms with Crippen molar-refractivity contribution in [1.82, 2.24) is 4.90 Å². The molecule has 1 fully saturated rings. The Morgan fingerprint density at radius 1 is 1.18 bits per heavy atom. The third-order valence-corrected chi connectivity index (χ3v) is 4.96. The number of benzene rings is 2. The lowest BCUT2D eigenvalue weighted by molar-refractivity contribution is 0.0948. The Morgan fingerprint density at radius 2 is 1.86 bits per heavy atom. The topological polar surface area (TPSA) is 78.9 Å². The van der Waals surface area contributed by atoms with Crippen LogP contribution in [0.25, 0.3) is 11.1 Å².